The van der Waals surface area contributed by atoms with Gasteiger partial charge in [-0.3, -0.25) is 4.79 Å². The van der Waals surface area contributed by atoms with Crippen molar-refractivity contribution in [1.29, 1.82) is 0 Å². The van der Waals surface area contributed by atoms with Crippen LogP contribution in [0.1, 0.15) is 25.7 Å². The van der Waals surface area contributed by atoms with E-state index in [2.05, 4.69) is 4.90 Å². The van der Waals surface area contributed by atoms with Gasteiger partial charge in [0.2, 0.25) is 0 Å². The Kier molecular flexibility index (Phi) is 3.50. The van der Waals surface area contributed by atoms with E-state index in [1.54, 1.807) is 14.2 Å². The molecule has 2 bridgehead atoms. The monoisotopic (exact) mass is 295 g/mol. The number of nitrogens with zero attached hydrogens (tertiary/aromatic N) is 1. The average Bonchev–Trinajstić information content (AvgIpc) is 2.70. The van der Waals surface area contributed by atoms with Gasteiger partial charge < -0.3 is 14.4 Å². The van der Waals surface area contributed by atoms with Gasteiger partial charge >= 0.3 is 0 Å². The molecule has 2 heterocycles. The van der Waals surface area contributed by atoms with Gasteiger partial charge in [-0.05, 0) is 18.9 Å². The van der Waals surface area contributed by atoms with Crippen LogP contribution in [0.5, 0.6) is 11.5 Å². The standard InChI is InChI=1S/C15H18ClNO3/c1-19-14-8-15(20-2)13(7-12(14)16)17-9-3-4-10(17)6-11(18)5-9/h7-10H,3-6H2,1-2H3. The number of fused-ring (bicyclic) bond motifs is 2. The number of halogens is 1. The maximum Gasteiger partial charge on any atom is 0.145 e. The molecule has 108 valence electrons. The number of benzene rings is 1. The molecule has 0 saturated carbocycles. The highest BCUT2D eigenvalue weighted by Crippen LogP contribution is 2.45. The lowest BCUT2D eigenvalue weighted by Gasteiger charge is -2.37. The first-order chi connectivity index (χ1) is 9.63. The molecular formula is C15H18ClNO3. The molecule has 3 rings (SSSR count). The second kappa shape index (κ2) is 5.17. The summed E-state index contributed by atoms with van der Waals surface area (Å²) >= 11 is 6.25. The van der Waals surface area contributed by atoms with Crippen LogP contribution in [0.3, 0.4) is 0 Å². The van der Waals surface area contributed by atoms with Crippen LogP contribution in [0.25, 0.3) is 0 Å². The van der Waals surface area contributed by atoms with Crippen molar-refractivity contribution < 1.29 is 14.3 Å². The number of ketones is 1. The molecule has 2 atom stereocenters. The van der Waals surface area contributed by atoms with Crippen molar-refractivity contribution in [3.8, 4) is 11.5 Å². The summed E-state index contributed by atoms with van der Waals surface area (Å²) in [7, 11) is 3.23. The minimum Gasteiger partial charge on any atom is -0.495 e. The van der Waals surface area contributed by atoms with Gasteiger partial charge in [0.25, 0.3) is 0 Å². The SMILES string of the molecule is COc1cc(OC)c(N2C3CCC2CC(=O)C3)cc1Cl. The van der Waals surface area contributed by atoms with Gasteiger partial charge in [0.05, 0.1) is 24.9 Å². The normalized spacial score (nSPS) is 24.9. The summed E-state index contributed by atoms with van der Waals surface area (Å²) in [5.41, 5.74) is 0.971. The number of hydrogen-bond acceptors (Lipinski definition) is 4. The van der Waals surface area contributed by atoms with Crippen LogP contribution in [-0.2, 0) is 4.79 Å². The van der Waals surface area contributed by atoms with E-state index in [9.17, 15) is 4.79 Å². The molecule has 0 N–H and O–H groups in total. The Morgan fingerprint density at radius 2 is 1.70 bits per heavy atom. The van der Waals surface area contributed by atoms with E-state index in [0.29, 0.717) is 29.4 Å². The predicted octanol–water partition coefficient (Wildman–Crippen LogP) is 3.06. The number of Topliss-reactive ketones (excluding diaryl/α,β-unsaturated/α-hetero) is 1. The van der Waals surface area contributed by atoms with Gasteiger partial charge in [-0.25, -0.2) is 0 Å². The van der Waals surface area contributed by atoms with E-state index in [1.807, 2.05) is 12.1 Å². The third-order valence-electron chi connectivity index (χ3n) is 4.28. The first kappa shape index (κ1) is 13.6. The first-order valence-electron chi connectivity index (χ1n) is 6.85. The molecular weight excluding hydrogens is 278 g/mol. The van der Waals surface area contributed by atoms with Crippen molar-refractivity contribution in [2.45, 2.75) is 37.8 Å². The number of carbonyl (C=O) groups is 1. The Morgan fingerprint density at radius 1 is 1.10 bits per heavy atom. The molecule has 2 saturated heterocycles. The topological polar surface area (TPSA) is 38.8 Å². The van der Waals surface area contributed by atoms with Crippen LogP contribution < -0.4 is 14.4 Å². The highest BCUT2D eigenvalue weighted by atomic mass is 35.5. The van der Waals surface area contributed by atoms with Crippen LogP contribution in [0.15, 0.2) is 12.1 Å². The molecule has 0 radical (unpaired) electrons. The van der Waals surface area contributed by atoms with E-state index in [-0.39, 0.29) is 12.1 Å². The molecule has 0 amide bonds. The second-order valence-electron chi connectivity index (χ2n) is 5.40. The Labute approximate surface area is 123 Å². The molecule has 2 aliphatic rings. The first-order valence-corrected chi connectivity index (χ1v) is 7.23. The van der Waals surface area contributed by atoms with E-state index in [0.717, 1.165) is 24.3 Å². The van der Waals surface area contributed by atoms with Crippen molar-refractivity contribution in [3.05, 3.63) is 17.2 Å². The van der Waals surface area contributed by atoms with Crippen molar-refractivity contribution in [2.75, 3.05) is 19.1 Å². The Balaban J connectivity index is 2.02. The number of rotatable bonds is 3. The molecule has 0 aliphatic carbocycles. The summed E-state index contributed by atoms with van der Waals surface area (Å²) in [6, 6.07) is 4.26. The third kappa shape index (κ3) is 2.12. The Hall–Kier alpha value is -1.42. The van der Waals surface area contributed by atoms with Crippen LogP contribution in [0.4, 0.5) is 5.69 Å². The van der Waals surface area contributed by atoms with E-state index in [4.69, 9.17) is 21.1 Å². The predicted molar refractivity (Wildman–Crippen MR) is 78.1 cm³/mol. The van der Waals surface area contributed by atoms with Gasteiger partial charge in [0.1, 0.15) is 17.3 Å². The molecule has 2 aliphatic heterocycles. The molecule has 5 heteroatoms. The van der Waals surface area contributed by atoms with Gasteiger partial charge in [0.15, 0.2) is 0 Å². The van der Waals surface area contributed by atoms with Crippen molar-refractivity contribution in [3.63, 3.8) is 0 Å². The smallest absolute Gasteiger partial charge is 0.145 e. The van der Waals surface area contributed by atoms with Crippen LogP contribution >= 0.6 is 11.6 Å². The van der Waals surface area contributed by atoms with E-state index >= 15 is 0 Å². The summed E-state index contributed by atoms with van der Waals surface area (Å²) in [4.78, 5) is 14.0. The molecule has 20 heavy (non-hydrogen) atoms. The number of ether oxygens (including phenoxy) is 2. The van der Waals surface area contributed by atoms with Crippen LogP contribution in [0, 0.1) is 0 Å². The highest BCUT2D eigenvalue weighted by molar-refractivity contribution is 6.32. The van der Waals surface area contributed by atoms with Gasteiger partial charge in [-0.15, -0.1) is 0 Å². The maximum absolute atomic E-state index is 11.7. The lowest BCUT2D eigenvalue weighted by atomic mass is 10.0. The second-order valence-corrected chi connectivity index (χ2v) is 5.80. The number of piperidine rings is 1. The summed E-state index contributed by atoms with van der Waals surface area (Å²) in [5.74, 6) is 1.72. The van der Waals surface area contributed by atoms with Crippen molar-refractivity contribution in [1.82, 2.24) is 0 Å². The molecule has 4 nitrogen and oxygen atoms in total. The van der Waals surface area contributed by atoms with E-state index < -0.39 is 0 Å². The lowest BCUT2D eigenvalue weighted by Crippen LogP contribution is -2.43. The third-order valence-corrected chi connectivity index (χ3v) is 4.57. The number of anilines is 1. The molecule has 2 unspecified atom stereocenters. The zero-order valence-corrected chi connectivity index (χ0v) is 12.4. The number of hydrogen-bond donors (Lipinski definition) is 0. The Morgan fingerprint density at radius 3 is 2.25 bits per heavy atom. The summed E-state index contributed by atoms with van der Waals surface area (Å²) < 4.78 is 10.7. The average molecular weight is 296 g/mol. The fraction of sp³-hybridized carbons (Fsp3) is 0.533. The van der Waals surface area contributed by atoms with Gasteiger partial charge in [-0.2, -0.15) is 0 Å². The van der Waals surface area contributed by atoms with Crippen LogP contribution in [0.2, 0.25) is 5.02 Å². The highest BCUT2D eigenvalue weighted by Gasteiger charge is 2.41. The number of carbonyl (C=O) groups excluding carboxylic acids is 1. The molecule has 2 fully saturated rings. The van der Waals surface area contributed by atoms with Gasteiger partial charge in [-0.1, -0.05) is 11.6 Å². The van der Waals surface area contributed by atoms with Crippen LogP contribution in [-0.4, -0.2) is 32.1 Å². The lowest BCUT2D eigenvalue weighted by molar-refractivity contribution is -0.120. The molecule has 0 aromatic heterocycles. The van der Waals surface area contributed by atoms with Crippen molar-refractivity contribution in [2.24, 2.45) is 0 Å². The van der Waals surface area contributed by atoms with Crippen molar-refractivity contribution >= 4 is 23.1 Å². The molecule has 1 aromatic carbocycles. The summed E-state index contributed by atoms with van der Waals surface area (Å²) in [5, 5.41) is 0.569. The minimum atomic E-state index is 0.277. The summed E-state index contributed by atoms with van der Waals surface area (Å²) in [6.07, 6.45) is 3.37. The van der Waals surface area contributed by atoms with Gasteiger partial charge in [0, 0.05) is 31.0 Å². The largest absolute Gasteiger partial charge is 0.495 e. The zero-order valence-electron chi connectivity index (χ0n) is 11.7. The minimum absolute atomic E-state index is 0.277. The zero-order chi connectivity index (χ0) is 14.3. The molecule has 0 spiro atoms. The van der Waals surface area contributed by atoms with E-state index in [1.165, 1.54) is 0 Å². The maximum atomic E-state index is 11.7. The Bertz CT molecular complexity index is 530. The fourth-order valence-corrected chi connectivity index (χ4v) is 3.65. The fourth-order valence-electron chi connectivity index (χ4n) is 3.41. The molecule has 1 aromatic rings. The number of methoxy groups -OCH3 is 2. The summed E-state index contributed by atoms with van der Waals surface area (Å²) in [6.45, 7) is 0. The quantitative estimate of drug-likeness (QED) is 0.859.